The molecule has 3 nitrogen and oxygen atoms in total. The third-order valence-electron chi connectivity index (χ3n) is 4.40. The van der Waals surface area contributed by atoms with Gasteiger partial charge in [-0.1, -0.05) is 12.8 Å². The van der Waals surface area contributed by atoms with Crippen molar-refractivity contribution in [3.05, 3.63) is 15.6 Å². The molecule has 2 aliphatic rings. The number of nitrogens with zero attached hydrogens (tertiary/aromatic N) is 2. The van der Waals surface area contributed by atoms with Crippen LogP contribution in [0.3, 0.4) is 0 Å². The van der Waals surface area contributed by atoms with Crippen molar-refractivity contribution in [3.8, 4) is 0 Å². The summed E-state index contributed by atoms with van der Waals surface area (Å²) in [6, 6.07) is 0. The summed E-state index contributed by atoms with van der Waals surface area (Å²) in [5, 5.41) is 1.18. The Labute approximate surface area is 125 Å². The molecule has 1 saturated heterocycles. The maximum absolute atomic E-state index is 12.3. The van der Waals surface area contributed by atoms with Crippen LogP contribution in [-0.4, -0.2) is 28.9 Å². The molecule has 1 aliphatic heterocycles. The van der Waals surface area contributed by atoms with Gasteiger partial charge >= 0.3 is 0 Å². The summed E-state index contributed by atoms with van der Waals surface area (Å²) in [6.45, 7) is 1.93. The Kier molecular flexibility index (Phi) is 4.71. The molecule has 0 unspecified atom stereocenters. The zero-order chi connectivity index (χ0) is 13.8. The number of aryl methyl sites for hydroxylation is 3. The molecule has 0 spiro atoms. The van der Waals surface area contributed by atoms with Gasteiger partial charge in [0.05, 0.1) is 10.7 Å². The summed E-state index contributed by atoms with van der Waals surface area (Å²) in [7, 11) is 0. The number of aromatic nitrogens is 1. The maximum Gasteiger partial charge on any atom is 0.222 e. The standard InChI is InChI=1S/C16H24N2OS/c19-16(18-11-5-1-2-6-12-18)10-9-15-17-13-7-3-4-8-14(13)20-15/h1-12H2. The minimum atomic E-state index is 0.333. The average Bonchev–Trinajstić information content (AvgIpc) is 2.69. The molecule has 1 aliphatic carbocycles. The van der Waals surface area contributed by atoms with E-state index in [1.165, 1.54) is 60.5 Å². The lowest BCUT2D eigenvalue weighted by Gasteiger charge is -2.19. The van der Waals surface area contributed by atoms with Crippen LogP contribution in [0.5, 0.6) is 0 Å². The molecule has 1 fully saturated rings. The van der Waals surface area contributed by atoms with Gasteiger partial charge in [0.15, 0.2) is 0 Å². The fourth-order valence-electron chi connectivity index (χ4n) is 3.20. The van der Waals surface area contributed by atoms with Crippen molar-refractivity contribution in [3.63, 3.8) is 0 Å². The molecule has 20 heavy (non-hydrogen) atoms. The molecular formula is C16H24N2OS. The van der Waals surface area contributed by atoms with Crippen LogP contribution in [0.15, 0.2) is 0 Å². The van der Waals surface area contributed by atoms with E-state index in [9.17, 15) is 4.79 Å². The number of carbonyl (C=O) groups is 1. The van der Waals surface area contributed by atoms with E-state index in [1.54, 1.807) is 0 Å². The van der Waals surface area contributed by atoms with Crippen LogP contribution < -0.4 is 0 Å². The van der Waals surface area contributed by atoms with Crippen molar-refractivity contribution in [2.24, 2.45) is 0 Å². The summed E-state index contributed by atoms with van der Waals surface area (Å²) in [5.41, 5.74) is 1.32. The van der Waals surface area contributed by atoms with Crippen molar-refractivity contribution in [2.45, 2.75) is 64.2 Å². The van der Waals surface area contributed by atoms with Gasteiger partial charge in [0.1, 0.15) is 0 Å². The third-order valence-corrected chi connectivity index (χ3v) is 5.62. The van der Waals surface area contributed by atoms with E-state index in [4.69, 9.17) is 4.98 Å². The zero-order valence-corrected chi connectivity index (χ0v) is 13.0. The van der Waals surface area contributed by atoms with Crippen molar-refractivity contribution in [2.75, 3.05) is 13.1 Å². The molecule has 0 saturated carbocycles. The number of hydrogen-bond acceptors (Lipinski definition) is 3. The number of hydrogen-bond donors (Lipinski definition) is 0. The molecule has 1 amide bonds. The first-order chi connectivity index (χ1) is 9.83. The minimum Gasteiger partial charge on any atom is -0.343 e. The molecule has 110 valence electrons. The number of likely N-dealkylation sites (tertiary alicyclic amines) is 1. The lowest BCUT2D eigenvalue weighted by molar-refractivity contribution is -0.131. The van der Waals surface area contributed by atoms with Crippen LogP contribution in [0.2, 0.25) is 0 Å². The SMILES string of the molecule is O=C(CCc1nc2c(s1)CCCC2)N1CCCCCC1. The van der Waals surface area contributed by atoms with Gasteiger partial charge in [-0.15, -0.1) is 11.3 Å². The van der Waals surface area contributed by atoms with Gasteiger partial charge in [0, 0.05) is 30.8 Å². The highest BCUT2D eigenvalue weighted by Gasteiger charge is 2.18. The average molecular weight is 292 g/mol. The molecule has 0 radical (unpaired) electrons. The van der Waals surface area contributed by atoms with Crippen molar-refractivity contribution >= 4 is 17.2 Å². The summed E-state index contributed by atoms with van der Waals surface area (Å²) in [6.07, 6.45) is 11.3. The van der Waals surface area contributed by atoms with Gasteiger partial charge in [-0.3, -0.25) is 4.79 Å². The molecule has 2 heterocycles. The second kappa shape index (κ2) is 6.70. The van der Waals surface area contributed by atoms with Crippen molar-refractivity contribution in [1.82, 2.24) is 9.88 Å². The largest absolute Gasteiger partial charge is 0.343 e. The van der Waals surface area contributed by atoms with Gasteiger partial charge in [0.25, 0.3) is 0 Å². The highest BCUT2D eigenvalue weighted by molar-refractivity contribution is 7.11. The topological polar surface area (TPSA) is 33.2 Å². The summed E-state index contributed by atoms with van der Waals surface area (Å²) in [4.78, 5) is 20.6. The maximum atomic E-state index is 12.3. The number of rotatable bonds is 3. The Morgan fingerprint density at radius 2 is 1.80 bits per heavy atom. The molecule has 3 rings (SSSR count). The van der Waals surface area contributed by atoms with Crippen LogP contribution in [0.4, 0.5) is 0 Å². The zero-order valence-electron chi connectivity index (χ0n) is 12.2. The quantitative estimate of drug-likeness (QED) is 0.856. The molecular weight excluding hydrogens is 268 g/mol. The lowest BCUT2D eigenvalue weighted by atomic mass is 10.0. The first-order valence-corrected chi connectivity index (χ1v) is 8.90. The molecule has 0 N–H and O–H groups in total. The van der Waals surface area contributed by atoms with Crippen LogP contribution in [0.1, 0.15) is 60.5 Å². The van der Waals surface area contributed by atoms with Gasteiger partial charge in [-0.05, 0) is 38.5 Å². The van der Waals surface area contributed by atoms with E-state index in [1.807, 2.05) is 11.3 Å². The molecule has 0 atom stereocenters. The van der Waals surface area contributed by atoms with Gasteiger partial charge < -0.3 is 4.90 Å². The van der Waals surface area contributed by atoms with E-state index in [0.717, 1.165) is 25.9 Å². The Morgan fingerprint density at radius 3 is 2.55 bits per heavy atom. The molecule has 1 aromatic rings. The van der Waals surface area contributed by atoms with Gasteiger partial charge in [-0.25, -0.2) is 4.98 Å². The highest BCUT2D eigenvalue weighted by Crippen LogP contribution is 2.27. The second-order valence-corrected chi connectivity index (χ2v) is 7.15. The van der Waals surface area contributed by atoms with E-state index < -0.39 is 0 Å². The van der Waals surface area contributed by atoms with Crippen molar-refractivity contribution < 1.29 is 4.79 Å². The molecule has 1 aromatic heterocycles. The van der Waals surface area contributed by atoms with E-state index in [-0.39, 0.29) is 0 Å². The Bertz CT molecular complexity index is 438. The molecule has 0 bridgehead atoms. The van der Waals surface area contributed by atoms with Crippen LogP contribution in [-0.2, 0) is 24.1 Å². The smallest absolute Gasteiger partial charge is 0.222 e. The fourth-order valence-corrected chi connectivity index (χ4v) is 4.36. The first-order valence-electron chi connectivity index (χ1n) is 8.08. The van der Waals surface area contributed by atoms with Gasteiger partial charge in [-0.2, -0.15) is 0 Å². The number of fused-ring (bicyclic) bond motifs is 1. The van der Waals surface area contributed by atoms with Crippen molar-refractivity contribution in [1.29, 1.82) is 0 Å². The second-order valence-electron chi connectivity index (χ2n) is 5.98. The van der Waals surface area contributed by atoms with Gasteiger partial charge in [0.2, 0.25) is 5.91 Å². The van der Waals surface area contributed by atoms with E-state index in [0.29, 0.717) is 12.3 Å². The monoisotopic (exact) mass is 292 g/mol. The first kappa shape index (κ1) is 14.1. The Hall–Kier alpha value is -0.900. The Morgan fingerprint density at radius 1 is 1.05 bits per heavy atom. The minimum absolute atomic E-state index is 0.333. The predicted octanol–water partition coefficient (Wildman–Crippen LogP) is 3.36. The van der Waals surface area contributed by atoms with Crippen LogP contribution in [0, 0.1) is 0 Å². The highest BCUT2D eigenvalue weighted by atomic mass is 32.1. The summed E-state index contributed by atoms with van der Waals surface area (Å²) < 4.78 is 0. The number of amides is 1. The Balaban J connectivity index is 1.53. The van der Waals surface area contributed by atoms with E-state index >= 15 is 0 Å². The summed E-state index contributed by atoms with van der Waals surface area (Å²) >= 11 is 1.85. The normalized spacial score (nSPS) is 19.5. The third kappa shape index (κ3) is 3.40. The lowest BCUT2D eigenvalue weighted by Crippen LogP contribution is -2.31. The molecule has 4 heteroatoms. The predicted molar refractivity (Wildman–Crippen MR) is 82.1 cm³/mol. The van der Waals surface area contributed by atoms with Crippen LogP contribution in [0.25, 0.3) is 0 Å². The van der Waals surface area contributed by atoms with Crippen LogP contribution >= 0.6 is 11.3 Å². The summed E-state index contributed by atoms with van der Waals surface area (Å²) in [5.74, 6) is 0.333. The molecule has 0 aromatic carbocycles. The number of thiazole rings is 1. The van der Waals surface area contributed by atoms with E-state index in [2.05, 4.69) is 4.90 Å². The number of carbonyl (C=O) groups excluding carboxylic acids is 1. The fraction of sp³-hybridized carbons (Fsp3) is 0.750.